The quantitative estimate of drug-likeness (QED) is 0.789. The zero-order chi connectivity index (χ0) is 14.9. The van der Waals surface area contributed by atoms with E-state index in [1.54, 1.807) is 32.5 Å². The SMILES string of the molecule is CC(C)(C)OC(=O)[C@@H](N)CCc1nn[nH]n1.CSC. The molecule has 1 heterocycles. The van der Waals surface area contributed by atoms with Crippen molar-refractivity contribution in [2.45, 2.75) is 45.3 Å². The van der Waals surface area contributed by atoms with Crippen molar-refractivity contribution in [3.8, 4) is 0 Å². The highest BCUT2D eigenvalue weighted by atomic mass is 32.2. The number of aromatic nitrogens is 4. The number of hydrogen-bond donors (Lipinski definition) is 2. The topological polar surface area (TPSA) is 107 Å². The first-order chi connectivity index (χ1) is 8.80. The molecule has 1 aromatic rings. The van der Waals surface area contributed by atoms with E-state index < -0.39 is 17.6 Å². The van der Waals surface area contributed by atoms with Gasteiger partial charge in [0.25, 0.3) is 0 Å². The molecule has 1 aromatic heterocycles. The number of H-pyrrole nitrogens is 1. The van der Waals surface area contributed by atoms with Gasteiger partial charge in [0.15, 0.2) is 5.82 Å². The van der Waals surface area contributed by atoms with Gasteiger partial charge in [0.05, 0.1) is 0 Å². The fourth-order valence-electron chi connectivity index (χ4n) is 1.07. The number of aromatic amines is 1. The lowest BCUT2D eigenvalue weighted by Gasteiger charge is -2.21. The maximum atomic E-state index is 11.5. The minimum atomic E-state index is -0.655. The monoisotopic (exact) mass is 289 g/mol. The van der Waals surface area contributed by atoms with Crippen LogP contribution in [0.5, 0.6) is 0 Å². The van der Waals surface area contributed by atoms with E-state index in [0.717, 1.165) is 0 Å². The van der Waals surface area contributed by atoms with Crippen LogP contribution in [-0.4, -0.2) is 50.7 Å². The van der Waals surface area contributed by atoms with Gasteiger partial charge >= 0.3 is 5.97 Å². The molecule has 0 radical (unpaired) electrons. The zero-order valence-electron chi connectivity index (χ0n) is 12.1. The summed E-state index contributed by atoms with van der Waals surface area (Å²) in [6, 6.07) is -0.655. The number of carbonyl (C=O) groups is 1. The average Bonchev–Trinajstić information content (AvgIpc) is 2.77. The number of nitrogens with one attached hydrogen (secondary N) is 1. The molecule has 0 amide bonds. The first-order valence-corrected chi connectivity index (χ1v) is 7.54. The molecule has 3 N–H and O–H groups in total. The third-order valence-electron chi connectivity index (χ3n) is 1.78. The molecule has 0 aliphatic carbocycles. The third kappa shape index (κ3) is 9.43. The third-order valence-corrected chi connectivity index (χ3v) is 1.78. The van der Waals surface area contributed by atoms with Crippen molar-refractivity contribution >= 4 is 17.7 Å². The second-order valence-electron chi connectivity index (χ2n) is 4.91. The van der Waals surface area contributed by atoms with Gasteiger partial charge in [-0.25, -0.2) is 0 Å². The number of esters is 1. The lowest BCUT2D eigenvalue weighted by Crippen LogP contribution is -2.37. The van der Waals surface area contributed by atoms with Gasteiger partial charge in [0.1, 0.15) is 11.6 Å². The molecule has 0 saturated carbocycles. The lowest BCUT2D eigenvalue weighted by molar-refractivity contribution is -0.156. The van der Waals surface area contributed by atoms with E-state index in [1.165, 1.54) is 0 Å². The molecule has 0 unspecified atom stereocenters. The summed E-state index contributed by atoms with van der Waals surface area (Å²) in [5.41, 5.74) is 5.17. The van der Waals surface area contributed by atoms with Crippen molar-refractivity contribution in [3.05, 3.63) is 5.82 Å². The predicted molar refractivity (Wildman–Crippen MR) is 75.8 cm³/mol. The largest absolute Gasteiger partial charge is 0.459 e. The molecular weight excluding hydrogens is 266 g/mol. The van der Waals surface area contributed by atoms with E-state index in [1.807, 2.05) is 12.5 Å². The summed E-state index contributed by atoms with van der Waals surface area (Å²) in [5, 5.41) is 13.3. The Morgan fingerprint density at radius 1 is 1.47 bits per heavy atom. The average molecular weight is 289 g/mol. The van der Waals surface area contributed by atoms with Crippen molar-refractivity contribution < 1.29 is 9.53 Å². The molecule has 110 valence electrons. The predicted octanol–water partition coefficient (Wildman–Crippen LogP) is 0.780. The maximum absolute atomic E-state index is 11.5. The number of rotatable bonds is 4. The highest BCUT2D eigenvalue weighted by molar-refractivity contribution is 7.97. The minimum absolute atomic E-state index is 0.406. The van der Waals surface area contributed by atoms with Crippen LogP contribution < -0.4 is 5.73 Å². The molecule has 8 heteroatoms. The van der Waals surface area contributed by atoms with Crippen LogP contribution in [-0.2, 0) is 16.0 Å². The summed E-state index contributed by atoms with van der Waals surface area (Å²) in [7, 11) is 0. The minimum Gasteiger partial charge on any atom is -0.459 e. The Morgan fingerprint density at radius 3 is 2.47 bits per heavy atom. The van der Waals surface area contributed by atoms with E-state index in [-0.39, 0.29) is 0 Å². The molecule has 0 spiro atoms. The molecule has 1 atom stereocenters. The fourth-order valence-corrected chi connectivity index (χ4v) is 1.07. The van der Waals surface area contributed by atoms with E-state index in [9.17, 15) is 4.79 Å². The number of carbonyl (C=O) groups excluding carboxylic acids is 1. The standard InChI is InChI=1S/C9H17N5O2.C2H6S/c1-9(2,3)16-8(15)6(10)4-5-7-11-13-14-12-7;1-3-2/h6H,4-5,10H2,1-3H3,(H,11,12,13,14);1-2H3/t6-;/m0./s1. The number of nitrogens with two attached hydrogens (primary N) is 1. The molecule has 0 bridgehead atoms. The summed E-state index contributed by atoms with van der Waals surface area (Å²) >= 11 is 1.75. The van der Waals surface area contributed by atoms with Crippen LogP contribution in [0.2, 0.25) is 0 Å². The van der Waals surface area contributed by atoms with Crippen LogP contribution in [0.15, 0.2) is 0 Å². The first-order valence-electron chi connectivity index (χ1n) is 5.91. The molecule has 0 aromatic carbocycles. The lowest BCUT2D eigenvalue weighted by atomic mass is 10.1. The first kappa shape index (κ1) is 17.8. The Kier molecular flexibility index (Phi) is 8.33. The zero-order valence-corrected chi connectivity index (χ0v) is 13.0. The van der Waals surface area contributed by atoms with Crippen LogP contribution in [0.1, 0.15) is 33.0 Å². The number of aryl methyl sites for hydroxylation is 1. The molecule has 1 rings (SSSR count). The van der Waals surface area contributed by atoms with Gasteiger partial charge in [-0.15, -0.1) is 10.2 Å². The fraction of sp³-hybridized carbons (Fsp3) is 0.818. The molecule has 0 saturated heterocycles. The van der Waals surface area contributed by atoms with Crippen molar-refractivity contribution in [2.75, 3.05) is 12.5 Å². The van der Waals surface area contributed by atoms with Gasteiger partial charge in [-0.1, -0.05) is 5.21 Å². The second kappa shape index (κ2) is 8.87. The molecule has 0 fully saturated rings. The molecular formula is C11H23N5O2S. The van der Waals surface area contributed by atoms with Crippen LogP contribution in [0.25, 0.3) is 0 Å². The number of nitrogens with zero attached hydrogens (tertiary/aromatic N) is 3. The Balaban J connectivity index is 0.000000982. The molecule has 0 aliphatic heterocycles. The number of tetrazole rings is 1. The van der Waals surface area contributed by atoms with Crippen LogP contribution in [0.3, 0.4) is 0 Å². The van der Waals surface area contributed by atoms with E-state index in [0.29, 0.717) is 18.7 Å². The van der Waals surface area contributed by atoms with Crippen LogP contribution in [0, 0.1) is 0 Å². The highest BCUT2D eigenvalue weighted by Gasteiger charge is 2.22. The number of ether oxygens (including phenoxy) is 1. The second-order valence-corrected chi connectivity index (χ2v) is 5.73. The van der Waals surface area contributed by atoms with Crippen molar-refractivity contribution in [1.82, 2.24) is 20.6 Å². The maximum Gasteiger partial charge on any atom is 0.323 e. The summed E-state index contributed by atoms with van der Waals surface area (Å²) in [6.07, 6.45) is 5.02. The molecule has 7 nitrogen and oxygen atoms in total. The van der Waals surface area contributed by atoms with Gasteiger partial charge in [0.2, 0.25) is 0 Å². The molecule has 0 aliphatic rings. The number of hydrogen-bond acceptors (Lipinski definition) is 7. The Labute approximate surface area is 118 Å². The van der Waals surface area contributed by atoms with Gasteiger partial charge in [-0.05, 0) is 39.7 Å². The smallest absolute Gasteiger partial charge is 0.323 e. The van der Waals surface area contributed by atoms with Gasteiger partial charge in [-0.3, -0.25) is 4.79 Å². The summed E-state index contributed by atoms with van der Waals surface area (Å²) in [6.45, 7) is 5.41. The highest BCUT2D eigenvalue weighted by Crippen LogP contribution is 2.09. The van der Waals surface area contributed by atoms with Crippen molar-refractivity contribution in [1.29, 1.82) is 0 Å². The Morgan fingerprint density at radius 2 is 2.05 bits per heavy atom. The van der Waals surface area contributed by atoms with Crippen LogP contribution >= 0.6 is 11.8 Å². The Bertz CT molecular complexity index is 350. The summed E-state index contributed by atoms with van der Waals surface area (Å²) in [4.78, 5) is 11.5. The van der Waals surface area contributed by atoms with Gasteiger partial charge < -0.3 is 10.5 Å². The Hall–Kier alpha value is -1.15. The van der Waals surface area contributed by atoms with E-state index in [2.05, 4.69) is 20.6 Å². The van der Waals surface area contributed by atoms with E-state index in [4.69, 9.17) is 10.5 Å². The van der Waals surface area contributed by atoms with Crippen LogP contribution in [0.4, 0.5) is 0 Å². The normalized spacial score (nSPS) is 12.3. The van der Waals surface area contributed by atoms with Crippen molar-refractivity contribution in [3.63, 3.8) is 0 Å². The van der Waals surface area contributed by atoms with Gasteiger partial charge in [0, 0.05) is 6.42 Å². The summed E-state index contributed by atoms with van der Waals surface area (Å²) in [5.74, 6) is 0.134. The van der Waals surface area contributed by atoms with E-state index >= 15 is 0 Å². The summed E-state index contributed by atoms with van der Waals surface area (Å²) < 4.78 is 5.14. The number of thioether (sulfide) groups is 1. The van der Waals surface area contributed by atoms with Crippen molar-refractivity contribution in [2.24, 2.45) is 5.73 Å². The van der Waals surface area contributed by atoms with Gasteiger partial charge in [-0.2, -0.15) is 17.0 Å². The molecule has 19 heavy (non-hydrogen) atoms.